The molecule has 10 heavy (non-hydrogen) atoms. The van der Waals surface area contributed by atoms with Gasteiger partial charge in [-0.05, 0) is 0 Å². The molecule has 0 saturated carbocycles. The number of rotatable bonds is 3. The second-order valence-corrected chi connectivity index (χ2v) is 0.941. The molecule has 4 N–H and O–H groups in total. The van der Waals surface area contributed by atoms with E-state index < -0.39 is 12.2 Å². The lowest BCUT2D eigenvalue weighted by Gasteiger charge is -1.94. The van der Waals surface area contributed by atoms with Crippen molar-refractivity contribution in [3.63, 3.8) is 0 Å². The molecule has 0 aromatic carbocycles. The van der Waals surface area contributed by atoms with Gasteiger partial charge in [-0.1, -0.05) is 0 Å². The quantitative estimate of drug-likeness (QED) is 0.302. The Morgan fingerprint density at radius 1 is 0.900 bits per heavy atom. The summed E-state index contributed by atoms with van der Waals surface area (Å²) < 4.78 is 0. The molecule has 8 heteroatoms. The van der Waals surface area contributed by atoms with Crippen molar-refractivity contribution >= 4 is 12.2 Å². The zero-order valence-corrected chi connectivity index (χ0v) is 4.60. The molecule has 0 bridgehead atoms. The molecule has 0 unspecified atom stereocenters. The van der Waals surface area contributed by atoms with Gasteiger partial charge in [-0.25, -0.2) is 19.4 Å². The van der Waals surface area contributed by atoms with Gasteiger partial charge in [0.15, 0.2) is 0 Å². The van der Waals surface area contributed by atoms with E-state index in [1.807, 2.05) is 0 Å². The Hall–Kier alpha value is -1.54. The highest BCUT2D eigenvalue weighted by Gasteiger charge is 1.98. The highest BCUT2D eigenvalue weighted by Crippen LogP contribution is 1.81. The van der Waals surface area contributed by atoms with Crippen molar-refractivity contribution in [2.75, 3.05) is 0 Å². The first-order valence-electron chi connectivity index (χ1n) is 1.89. The fourth-order valence-electron chi connectivity index (χ4n) is 0.0948. The summed E-state index contributed by atoms with van der Waals surface area (Å²) in [7, 11) is 0. The Balaban J connectivity index is 3.06. The lowest BCUT2D eigenvalue weighted by Crippen LogP contribution is -2.17. The van der Waals surface area contributed by atoms with E-state index in [0.717, 1.165) is 0 Å². The minimum absolute atomic E-state index is 1.26. The lowest BCUT2D eigenvalue weighted by molar-refractivity contribution is -0.595. The molecule has 0 spiro atoms. The van der Waals surface area contributed by atoms with Crippen LogP contribution in [-0.2, 0) is 19.9 Å². The maximum absolute atomic E-state index is 9.67. The SMILES string of the molecule is NC(=O)OOOOC(N)=O. The number of hydrogen-bond acceptors (Lipinski definition) is 6. The van der Waals surface area contributed by atoms with Crippen LogP contribution >= 0.6 is 0 Å². The molecule has 0 aliphatic carbocycles. The predicted octanol–water partition coefficient (Wildman–Crippen LogP) is -1.04. The van der Waals surface area contributed by atoms with Crippen LogP contribution in [0.25, 0.3) is 0 Å². The van der Waals surface area contributed by atoms with E-state index in [2.05, 4.69) is 31.3 Å². The summed E-state index contributed by atoms with van der Waals surface area (Å²) in [5, 5.41) is 6.82. The second kappa shape index (κ2) is 4.35. The molecule has 0 saturated heterocycles. The van der Waals surface area contributed by atoms with E-state index >= 15 is 0 Å². The van der Waals surface area contributed by atoms with E-state index in [1.54, 1.807) is 0 Å². The van der Waals surface area contributed by atoms with Gasteiger partial charge in [0.05, 0.1) is 0 Å². The Morgan fingerprint density at radius 3 is 1.40 bits per heavy atom. The van der Waals surface area contributed by atoms with Gasteiger partial charge < -0.3 is 11.5 Å². The van der Waals surface area contributed by atoms with Crippen LogP contribution in [0.3, 0.4) is 0 Å². The number of nitrogens with two attached hydrogens (primary N) is 2. The van der Waals surface area contributed by atoms with Gasteiger partial charge in [-0.3, -0.25) is 0 Å². The van der Waals surface area contributed by atoms with Crippen molar-refractivity contribution < 1.29 is 29.4 Å². The molecule has 0 aromatic rings. The number of amides is 2. The fourth-order valence-corrected chi connectivity index (χ4v) is 0.0948. The van der Waals surface area contributed by atoms with Crippen LogP contribution in [0.5, 0.6) is 0 Å². The van der Waals surface area contributed by atoms with E-state index in [1.165, 1.54) is 0 Å². The van der Waals surface area contributed by atoms with Crippen LogP contribution in [-0.4, -0.2) is 12.2 Å². The third-order valence-corrected chi connectivity index (χ3v) is 0.260. The molecule has 0 aromatic heterocycles. The maximum atomic E-state index is 9.67. The van der Waals surface area contributed by atoms with Crippen molar-refractivity contribution in [3.05, 3.63) is 0 Å². The molecule has 0 rings (SSSR count). The second-order valence-electron chi connectivity index (χ2n) is 0.941. The average molecular weight is 152 g/mol. The average Bonchev–Trinajstić information content (AvgIpc) is 1.79. The predicted molar refractivity (Wildman–Crippen MR) is 23.5 cm³/mol. The summed E-state index contributed by atoms with van der Waals surface area (Å²) in [6.45, 7) is 0. The van der Waals surface area contributed by atoms with Gasteiger partial charge in [0.25, 0.3) is 0 Å². The number of hydrogen-bond donors (Lipinski definition) is 2. The molecule has 0 radical (unpaired) electrons. The molecule has 0 atom stereocenters. The minimum atomic E-state index is -1.26. The van der Waals surface area contributed by atoms with Gasteiger partial charge in [-0.2, -0.15) is 0 Å². The number of carbonyl (C=O) groups is 2. The van der Waals surface area contributed by atoms with E-state index in [4.69, 9.17) is 0 Å². The van der Waals surface area contributed by atoms with E-state index in [0.29, 0.717) is 0 Å². The summed E-state index contributed by atoms with van der Waals surface area (Å²) in [6, 6.07) is 0. The third kappa shape index (κ3) is 6.46. The fraction of sp³-hybridized carbons (Fsp3) is 0. The monoisotopic (exact) mass is 152 g/mol. The van der Waals surface area contributed by atoms with Crippen LogP contribution in [0.2, 0.25) is 0 Å². The Bertz CT molecular complexity index is 118. The van der Waals surface area contributed by atoms with Crippen molar-refractivity contribution in [1.29, 1.82) is 0 Å². The minimum Gasteiger partial charge on any atom is -0.333 e. The highest BCUT2D eigenvalue weighted by atomic mass is 17.7. The molecular weight excluding hydrogens is 148 g/mol. The standard InChI is InChI=1S/C2H4N2O6/c3-1(5)7-9-10-8-2(4)6/h(H2,3,5)(H2,4,6). The number of carbonyl (C=O) groups excluding carboxylic acids is 2. The first-order valence-corrected chi connectivity index (χ1v) is 1.89. The Kier molecular flexibility index (Phi) is 3.68. The van der Waals surface area contributed by atoms with Gasteiger partial charge in [-0.15, -0.1) is 0 Å². The molecule has 0 fully saturated rings. The smallest absolute Gasteiger partial charge is 0.333 e. The third-order valence-electron chi connectivity index (χ3n) is 0.260. The Morgan fingerprint density at radius 2 is 1.20 bits per heavy atom. The van der Waals surface area contributed by atoms with E-state index in [9.17, 15) is 9.59 Å². The molecule has 2 amide bonds. The zero-order valence-electron chi connectivity index (χ0n) is 4.60. The van der Waals surface area contributed by atoms with Gasteiger partial charge >= 0.3 is 12.2 Å². The first-order chi connectivity index (χ1) is 4.63. The summed E-state index contributed by atoms with van der Waals surface area (Å²) in [5.41, 5.74) is 8.74. The molecule has 0 aliphatic heterocycles. The first kappa shape index (κ1) is 8.46. The Labute approximate surface area is 54.3 Å². The summed E-state index contributed by atoms with van der Waals surface area (Å²) in [4.78, 5) is 26.3. The maximum Gasteiger partial charge on any atom is 0.439 e. The molecular formula is C2H4N2O6. The molecule has 58 valence electrons. The highest BCUT2D eigenvalue weighted by molar-refractivity contribution is 5.64. The topological polar surface area (TPSA) is 123 Å². The summed E-state index contributed by atoms with van der Waals surface area (Å²) in [6.07, 6.45) is -2.51. The van der Waals surface area contributed by atoms with E-state index in [-0.39, 0.29) is 0 Å². The lowest BCUT2D eigenvalue weighted by atomic mass is 11.3. The largest absolute Gasteiger partial charge is 0.439 e. The van der Waals surface area contributed by atoms with Crippen LogP contribution in [0.15, 0.2) is 0 Å². The van der Waals surface area contributed by atoms with Crippen LogP contribution < -0.4 is 11.5 Å². The normalized spacial score (nSPS) is 8.40. The molecule has 8 nitrogen and oxygen atoms in total. The van der Waals surface area contributed by atoms with Gasteiger partial charge in [0.2, 0.25) is 0 Å². The van der Waals surface area contributed by atoms with Crippen molar-refractivity contribution in [2.45, 2.75) is 0 Å². The van der Waals surface area contributed by atoms with Crippen LogP contribution in [0.1, 0.15) is 0 Å². The van der Waals surface area contributed by atoms with Crippen molar-refractivity contribution in [1.82, 2.24) is 0 Å². The van der Waals surface area contributed by atoms with Gasteiger partial charge in [0.1, 0.15) is 0 Å². The zero-order chi connectivity index (χ0) is 7.98. The molecule has 0 aliphatic rings. The van der Waals surface area contributed by atoms with Crippen LogP contribution in [0, 0.1) is 0 Å². The molecule has 0 heterocycles. The van der Waals surface area contributed by atoms with Crippen molar-refractivity contribution in [3.8, 4) is 0 Å². The van der Waals surface area contributed by atoms with Gasteiger partial charge in [0, 0.05) is 10.1 Å². The summed E-state index contributed by atoms with van der Waals surface area (Å²) >= 11 is 0. The van der Waals surface area contributed by atoms with Crippen molar-refractivity contribution in [2.24, 2.45) is 11.5 Å². The summed E-state index contributed by atoms with van der Waals surface area (Å²) in [5.74, 6) is 0. The number of primary amides is 2. The van der Waals surface area contributed by atoms with Crippen LogP contribution in [0.4, 0.5) is 9.59 Å².